The van der Waals surface area contributed by atoms with Crippen molar-refractivity contribution in [3.05, 3.63) is 48.6 Å². The molecule has 2 rings (SSSR count). The summed E-state index contributed by atoms with van der Waals surface area (Å²) in [4.78, 5) is 47.3. The van der Waals surface area contributed by atoms with Crippen molar-refractivity contribution in [2.75, 3.05) is 0 Å². The standard InChI is InChI=1S/C18H18O8/c1-10(11-6-2-4-8-17(11,13(19)20)14(21)22)12-7-3-5-9-18(12,15(23)24)16(25)26/h2-12H,1H3,(H,19,20)(H,21,22)(H,23,24)(H,25,26). The SMILES string of the molecule is CC(C1C=CC=CC1(C(=O)O)C(=O)O)C1C=CC=CC1(C(=O)O)C(=O)O. The fourth-order valence-corrected chi connectivity index (χ4v) is 3.75. The van der Waals surface area contributed by atoms with E-state index < -0.39 is 52.5 Å². The van der Waals surface area contributed by atoms with E-state index in [2.05, 4.69) is 0 Å². The van der Waals surface area contributed by atoms with E-state index in [4.69, 9.17) is 0 Å². The summed E-state index contributed by atoms with van der Waals surface area (Å²) in [5.41, 5.74) is -4.63. The summed E-state index contributed by atoms with van der Waals surface area (Å²) >= 11 is 0. The topological polar surface area (TPSA) is 149 Å². The Kier molecular flexibility index (Phi) is 4.88. The van der Waals surface area contributed by atoms with Gasteiger partial charge in [0.1, 0.15) is 0 Å². The van der Waals surface area contributed by atoms with Crippen LogP contribution in [0.5, 0.6) is 0 Å². The van der Waals surface area contributed by atoms with Crippen LogP contribution in [0.1, 0.15) is 6.92 Å². The molecule has 0 heterocycles. The molecule has 4 N–H and O–H groups in total. The minimum absolute atomic E-state index is 0.920. The zero-order valence-corrected chi connectivity index (χ0v) is 13.8. The molecule has 2 aliphatic rings. The van der Waals surface area contributed by atoms with E-state index in [0.29, 0.717) is 0 Å². The van der Waals surface area contributed by atoms with E-state index in [1.165, 1.54) is 43.4 Å². The molecule has 0 fully saturated rings. The molecule has 0 spiro atoms. The van der Waals surface area contributed by atoms with Gasteiger partial charge in [0.2, 0.25) is 0 Å². The summed E-state index contributed by atoms with van der Waals surface area (Å²) in [7, 11) is 0. The molecule has 0 aliphatic heterocycles. The van der Waals surface area contributed by atoms with Gasteiger partial charge in [-0.2, -0.15) is 0 Å². The molecule has 8 heteroatoms. The van der Waals surface area contributed by atoms with Gasteiger partial charge in [0, 0.05) is 11.8 Å². The maximum absolute atomic E-state index is 11.8. The van der Waals surface area contributed by atoms with Crippen LogP contribution in [0.3, 0.4) is 0 Å². The van der Waals surface area contributed by atoms with Crippen molar-refractivity contribution in [3.63, 3.8) is 0 Å². The molecule has 2 aliphatic carbocycles. The van der Waals surface area contributed by atoms with Crippen LogP contribution in [0.25, 0.3) is 0 Å². The Morgan fingerprint density at radius 3 is 1.27 bits per heavy atom. The second-order valence-electron chi connectivity index (χ2n) is 6.36. The third kappa shape index (κ3) is 2.54. The van der Waals surface area contributed by atoms with Crippen LogP contribution in [0.15, 0.2) is 48.6 Å². The largest absolute Gasteiger partial charge is 0.480 e. The van der Waals surface area contributed by atoms with E-state index in [-0.39, 0.29) is 0 Å². The molecule has 8 nitrogen and oxygen atoms in total. The van der Waals surface area contributed by atoms with Crippen molar-refractivity contribution in [1.29, 1.82) is 0 Å². The second kappa shape index (κ2) is 6.62. The van der Waals surface area contributed by atoms with E-state index in [9.17, 15) is 39.6 Å². The molecule has 138 valence electrons. The predicted molar refractivity (Wildman–Crippen MR) is 88.1 cm³/mol. The minimum atomic E-state index is -2.31. The van der Waals surface area contributed by atoms with Crippen molar-refractivity contribution in [2.24, 2.45) is 28.6 Å². The first-order valence-corrected chi connectivity index (χ1v) is 7.78. The Morgan fingerprint density at radius 1 is 0.692 bits per heavy atom. The number of aliphatic carboxylic acids is 4. The molecule has 2 unspecified atom stereocenters. The maximum atomic E-state index is 11.8. The van der Waals surface area contributed by atoms with Crippen molar-refractivity contribution in [1.82, 2.24) is 0 Å². The molecule has 0 saturated heterocycles. The number of hydrogen-bond acceptors (Lipinski definition) is 4. The van der Waals surface area contributed by atoms with Gasteiger partial charge in [-0.05, 0) is 5.92 Å². The molecule has 0 saturated carbocycles. The van der Waals surface area contributed by atoms with Crippen LogP contribution in [0, 0.1) is 28.6 Å². The fraction of sp³-hybridized carbons (Fsp3) is 0.333. The van der Waals surface area contributed by atoms with E-state index >= 15 is 0 Å². The van der Waals surface area contributed by atoms with Crippen molar-refractivity contribution in [3.8, 4) is 0 Å². The third-order valence-electron chi connectivity index (χ3n) is 5.18. The third-order valence-corrected chi connectivity index (χ3v) is 5.18. The Hall–Kier alpha value is -3.16. The zero-order valence-electron chi connectivity index (χ0n) is 13.8. The lowest BCUT2D eigenvalue weighted by Crippen LogP contribution is -2.52. The minimum Gasteiger partial charge on any atom is -0.480 e. The summed E-state index contributed by atoms with van der Waals surface area (Å²) < 4.78 is 0. The predicted octanol–water partition coefficient (Wildman–Crippen LogP) is 1.42. The van der Waals surface area contributed by atoms with Gasteiger partial charge in [-0.15, -0.1) is 0 Å². The van der Waals surface area contributed by atoms with Crippen LogP contribution in [-0.4, -0.2) is 44.3 Å². The van der Waals surface area contributed by atoms with Crippen molar-refractivity contribution < 1.29 is 39.6 Å². The highest BCUT2D eigenvalue weighted by Crippen LogP contribution is 2.48. The molecule has 2 atom stereocenters. The molecule has 0 amide bonds. The summed E-state index contributed by atoms with van der Waals surface area (Å²) in [5.74, 6) is -9.63. The fourth-order valence-electron chi connectivity index (χ4n) is 3.75. The summed E-state index contributed by atoms with van der Waals surface area (Å²) in [6.45, 7) is 1.46. The molecule has 0 aromatic heterocycles. The first-order chi connectivity index (χ1) is 12.1. The summed E-state index contributed by atoms with van der Waals surface area (Å²) in [5, 5.41) is 38.4. The molecular formula is C18H18O8. The molecule has 0 aromatic rings. The zero-order chi connectivity index (χ0) is 19.7. The monoisotopic (exact) mass is 362 g/mol. The lowest BCUT2D eigenvalue weighted by Gasteiger charge is -2.42. The highest BCUT2D eigenvalue weighted by molar-refractivity contribution is 6.03. The van der Waals surface area contributed by atoms with E-state index in [1.54, 1.807) is 0 Å². The van der Waals surface area contributed by atoms with E-state index in [0.717, 1.165) is 12.2 Å². The lowest BCUT2D eigenvalue weighted by molar-refractivity contribution is -0.167. The second-order valence-corrected chi connectivity index (χ2v) is 6.36. The normalized spacial score (nSPS) is 26.2. The van der Waals surface area contributed by atoms with Crippen LogP contribution >= 0.6 is 0 Å². The van der Waals surface area contributed by atoms with Crippen molar-refractivity contribution >= 4 is 23.9 Å². The van der Waals surface area contributed by atoms with Gasteiger partial charge >= 0.3 is 23.9 Å². The number of hydrogen-bond donors (Lipinski definition) is 4. The molecule has 26 heavy (non-hydrogen) atoms. The molecule has 0 bridgehead atoms. The molecule has 0 aromatic carbocycles. The van der Waals surface area contributed by atoms with Gasteiger partial charge in [-0.25, -0.2) is 0 Å². The summed E-state index contributed by atoms with van der Waals surface area (Å²) in [6, 6.07) is 0. The van der Waals surface area contributed by atoms with Crippen LogP contribution in [-0.2, 0) is 19.2 Å². The van der Waals surface area contributed by atoms with Gasteiger partial charge in [-0.3, -0.25) is 19.2 Å². The summed E-state index contributed by atoms with van der Waals surface area (Å²) in [6.07, 6.45) is 10.3. The highest BCUT2D eigenvalue weighted by atomic mass is 16.4. The van der Waals surface area contributed by atoms with Gasteiger partial charge in [-0.1, -0.05) is 55.5 Å². The molecular weight excluding hydrogens is 344 g/mol. The van der Waals surface area contributed by atoms with E-state index in [1.807, 2.05) is 0 Å². The van der Waals surface area contributed by atoms with Gasteiger partial charge in [0.15, 0.2) is 10.8 Å². The number of carboxylic acid groups (broad SMARTS) is 4. The number of carbonyl (C=O) groups is 4. The first-order valence-electron chi connectivity index (χ1n) is 7.78. The number of rotatable bonds is 6. The average molecular weight is 362 g/mol. The van der Waals surface area contributed by atoms with Gasteiger partial charge < -0.3 is 20.4 Å². The van der Waals surface area contributed by atoms with Crippen LogP contribution in [0.4, 0.5) is 0 Å². The Balaban J connectivity index is 2.60. The maximum Gasteiger partial charge on any atom is 0.325 e. The van der Waals surface area contributed by atoms with Crippen LogP contribution < -0.4 is 0 Å². The Labute approximate surface area is 148 Å². The Morgan fingerprint density at radius 2 is 1.00 bits per heavy atom. The quantitative estimate of drug-likeness (QED) is 0.518. The first kappa shape index (κ1) is 19.2. The van der Waals surface area contributed by atoms with Gasteiger partial charge in [0.05, 0.1) is 0 Å². The Bertz CT molecular complexity index is 678. The lowest BCUT2D eigenvalue weighted by atomic mass is 9.58. The molecule has 0 radical (unpaired) electrons. The smallest absolute Gasteiger partial charge is 0.325 e. The van der Waals surface area contributed by atoms with Crippen molar-refractivity contribution in [2.45, 2.75) is 6.92 Å². The van der Waals surface area contributed by atoms with Crippen LogP contribution in [0.2, 0.25) is 0 Å². The van der Waals surface area contributed by atoms with Gasteiger partial charge in [0.25, 0.3) is 0 Å². The highest BCUT2D eigenvalue weighted by Gasteiger charge is 2.59. The number of allylic oxidation sites excluding steroid dienone is 6. The average Bonchev–Trinajstić information content (AvgIpc) is 2.59. The number of carboxylic acids is 4.